The lowest BCUT2D eigenvalue weighted by Gasteiger charge is -2.30. The number of nitro groups is 1. The van der Waals surface area contributed by atoms with E-state index in [1.807, 2.05) is 6.92 Å². The van der Waals surface area contributed by atoms with Gasteiger partial charge in [-0.05, 0) is 19.8 Å². The Morgan fingerprint density at radius 3 is 2.71 bits per heavy atom. The van der Waals surface area contributed by atoms with Crippen LogP contribution in [0.1, 0.15) is 19.8 Å². The first-order valence-corrected chi connectivity index (χ1v) is 6.75. The number of carbonyl (C=O) groups is 1. The number of carboxylic acid groups (broad SMARTS) is 1. The van der Waals surface area contributed by atoms with Crippen molar-refractivity contribution in [2.75, 3.05) is 29.9 Å². The summed E-state index contributed by atoms with van der Waals surface area (Å²) < 4.78 is 0. The van der Waals surface area contributed by atoms with Crippen molar-refractivity contribution in [2.45, 2.75) is 19.8 Å². The number of hydrogen-bond donors (Lipinski definition) is 2. The fourth-order valence-electron chi connectivity index (χ4n) is 2.40. The lowest BCUT2D eigenvalue weighted by Crippen LogP contribution is -2.37. The van der Waals surface area contributed by atoms with E-state index < -0.39 is 16.8 Å². The zero-order valence-electron chi connectivity index (χ0n) is 11.7. The van der Waals surface area contributed by atoms with Crippen molar-refractivity contribution >= 4 is 23.3 Å². The molecule has 0 unspecified atom stereocenters. The molecule has 114 valence electrons. The summed E-state index contributed by atoms with van der Waals surface area (Å²) in [6.07, 6.45) is 2.18. The number of nitrogens with zero attached hydrogens (tertiary/aromatic N) is 4. The Balaban J connectivity index is 2.26. The van der Waals surface area contributed by atoms with Crippen molar-refractivity contribution in [3.8, 4) is 0 Å². The fourth-order valence-corrected chi connectivity index (χ4v) is 2.40. The molecule has 2 rings (SSSR count). The molecule has 1 fully saturated rings. The summed E-state index contributed by atoms with van der Waals surface area (Å²) >= 11 is 0. The number of aliphatic carboxylic acids is 1. The molecule has 21 heavy (non-hydrogen) atoms. The first-order chi connectivity index (χ1) is 10.0. The summed E-state index contributed by atoms with van der Waals surface area (Å²) in [5.74, 6) is -0.779. The van der Waals surface area contributed by atoms with E-state index in [4.69, 9.17) is 5.11 Å². The molecule has 0 atom stereocenters. The third-order valence-electron chi connectivity index (χ3n) is 3.47. The second-order valence-corrected chi connectivity index (χ2v) is 4.78. The average Bonchev–Trinajstić information content (AvgIpc) is 2.47. The summed E-state index contributed by atoms with van der Waals surface area (Å²) in [7, 11) is 0. The van der Waals surface area contributed by atoms with Gasteiger partial charge in [-0.15, -0.1) is 0 Å². The van der Waals surface area contributed by atoms with E-state index in [0.29, 0.717) is 32.5 Å². The molecule has 2 N–H and O–H groups in total. The predicted octanol–water partition coefficient (Wildman–Crippen LogP) is 1.12. The van der Waals surface area contributed by atoms with Crippen LogP contribution in [0.3, 0.4) is 0 Å². The number of anilines is 2. The molecule has 2 heterocycles. The normalized spacial score (nSPS) is 15.8. The van der Waals surface area contributed by atoms with Gasteiger partial charge in [0.1, 0.15) is 6.33 Å². The molecule has 9 nitrogen and oxygen atoms in total. The quantitative estimate of drug-likeness (QED) is 0.612. The summed E-state index contributed by atoms with van der Waals surface area (Å²) in [4.78, 5) is 31.4. The summed E-state index contributed by atoms with van der Waals surface area (Å²) in [6, 6.07) is 0. The molecule has 0 saturated carbocycles. The van der Waals surface area contributed by atoms with Crippen molar-refractivity contribution in [1.29, 1.82) is 0 Å². The van der Waals surface area contributed by atoms with E-state index in [1.165, 1.54) is 6.33 Å². The van der Waals surface area contributed by atoms with Crippen molar-refractivity contribution in [3.05, 3.63) is 16.4 Å². The van der Waals surface area contributed by atoms with Gasteiger partial charge in [0.25, 0.3) is 0 Å². The number of hydrogen-bond acceptors (Lipinski definition) is 7. The van der Waals surface area contributed by atoms with Crippen molar-refractivity contribution < 1.29 is 14.8 Å². The Bertz CT molecular complexity index is 542. The van der Waals surface area contributed by atoms with E-state index in [-0.39, 0.29) is 17.3 Å². The monoisotopic (exact) mass is 295 g/mol. The number of nitrogens with one attached hydrogen (secondary N) is 1. The highest BCUT2D eigenvalue weighted by Crippen LogP contribution is 2.33. The highest BCUT2D eigenvalue weighted by Gasteiger charge is 2.31. The van der Waals surface area contributed by atoms with E-state index in [9.17, 15) is 14.9 Å². The maximum absolute atomic E-state index is 11.3. The Kier molecular flexibility index (Phi) is 4.51. The molecular formula is C12H17N5O4. The van der Waals surface area contributed by atoms with Crippen LogP contribution < -0.4 is 10.2 Å². The largest absolute Gasteiger partial charge is 0.481 e. The van der Waals surface area contributed by atoms with E-state index >= 15 is 0 Å². The van der Waals surface area contributed by atoms with Gasteiger partial charge in [-0.25, -0.2) is 9.97 Å². The standard InChI is InChI=1S/C12H17N5O4/c1-2-13-10-9(17(20)21)11(15-7-14-10)16-5-3-8(4-6-16)12(18)19/h7-8H,2-6H2,1H3,(H,18,19)(H,13,14,15). The smallest absolute Gasteiger partial charge is 0.353 e. The second-order valence-electron chi connectivity index (χ2n) is 4.78. The Morgan fingerprint density at radius 1 is 1.52 bits per heavy atom. The topological polar surface area (TPSA) is 121 Å². The summed E-state index contributed by atoms with van der Waals surface area (Å²) in [6.45, 7) is 3.20. The van der Waals surface area contributed by atoms with Crippen LogP contribution in [0.25, 0.3) is 0 Å². The number of piperidine rings is 1. The lowest BCUT2D eigenvalue weighted by molar-refractivity contribution is -0.383. The van der Waals surface area contributed by atoms with Crippen LogP contribution in [0.4, 0.5) is 17.3 Å². The van der Waals surface area contributed by atoms with E-state index in [0.717, 1.165) is 0 Å². The van der Waals surface area contributed by atoms with Gasteiger partial charge in [-0.2, -0.15) is 0 Å². The molecule has 0 aromatic carbocycles. The van der Waals surface area contributed by atoms with Crippen molar-refractivity contribution in [1.82, 2.24) is 9.97 Å². The lowest BCUT2D eigenvalue weighted by atomic mass is 9.97. The highest BCUT2D eigenvalue weighted by molar-refractivity contribution is 5.72. The molecule has 0 amide bonds. The number of rotatable bonds is 5. The minimum Gasteiger partial charge on any atom is -0.481 e. The van der Waals surface area contributed by atoms with Gasteiger partial charge in [0, 0.05) is 19.6 Å². The number of carboxylic acids is 1. The fraction of sp³-hybridized carbons (Fsp3) is 0.583. The molecule has 1 aliphatic heterocycles. The predicted molar refractivity (Wildman–Crippen MR) is 75.4 cm³/mol. The highest BCUT2D eigenvalue weighted by atomic mass is 16.6. The molecule has 9 heteroatoms. The van der Waals surface area contributed by atoms with Crippen LogP contribution >= 0.6 is 0 Å². The Hall–Kier alpha value is -2.45. The SMILES string of the molecule is CCNc1ncnc(N2CCC(C(=O)O)CC2)c1[N+](=O)[O-]. The Morgan fingerprint density at radius 2 is 2.19 bits per heavy atom. The molecule has 0 spiro atoms. The van der Waals surface area contributed by atoms with E-state index in [1.54, 1.807) is 4.90 Å². The minimum atomic E-state index is -0.819. The van der Waals surface area contributed by atoms with Crippen LogP contribution in [0.5, 0.6) is 0 Å². The summed E-state index contributed by atoms with van der Waals surface area (Å²) in [5.41, 5.74) is -0.159. The first kappa shape index (κ1) is 14.9. The molecule has 1 aromatic rings. The van der Waals surface area contributed by atoms with Crippen LogP contribution in [0.2, 0.25) is 0 Å². The van der Waals surface area contributed by atoms with Crippen LogP contribution in [0.15, 0.2) is 6.33 Å². The zero-order valence-corrected chi connectivity index (χ0v) is 11.7. The van der Waals surface area contributed by atoms with Gasteiger partial charge in [-0.1, -0.05) is 0 Å². The van der Waals surface area contributed by atoms with Crippen LogP contribution in [-0.4, -0.2) is 45.6 Å². The molecule has 0 radical (unpaired) electrons. The maximum Gasteiger partial charge on any atom is 0.353 e. The number of aromatic nitrogens is 2. The second kappa shape index (κ2) is 6.33. The zero-order chi connectivity index (χ0) is 15.4. The summed E-state index contributed by atoms with van der Waals surface area (Å²) in [5, 5.41) is 23.1. The van der Waals surface area contributed by atoms with Gasteiger partial charge < -0.3 is 15.3 Å². The third kappa shape index (κ3) is 3.18. The van der Waals surface area contributed by atoms with Gasteiger partial charge in [0.2, 0.25) is 11.6 Å². The molecular weight excluding hydrogens is 278 g/mol. The maximum atomic E-state index is 11.3. The third-order valence-corrected chi connectivity index (χ3v) is 3.47. The molecule has 1 aromatic heterocycles. The van der Waals surface area contributed by atoms with Gasteiger partial charge in [-0.3, -0.25) is 14.9 Å². The average molecular weight is 295 g/mol. The molecule has 1 aliphatic rings. The molecule has 1 saturated heterocycles. The molecule has 0 aliphatic carbocycles. The van der Waals surface area contributed by atoms with Gasteiger partial charge in [0.15, 0.2) is 0 Å². The van der Waals surface area contributed by atoms with Crippen LogP contribution in [-0.2, 0) is 4.79 Å². The molecule has 0 bridgehead atoms. The van der Waals surface area contributed by atoms with E-state index in [2.05, 4.69) is 15.3 Å². The van der Waals surface area contributed by atoms with Gasteiger partial charge in [0.05, 0.1) is 10.8 Å². The minimum absolute atomic E-state index is 0.159. The van der Waals surface area contributed by atoms with Gasteiger partial charge >= 0.3 is 11.7 Å². The van der Waals surface area contributed by atoms with Crippen molar-refractivity contribution in [2.24, 2.45) is 5.92 Å². The Labute approximate surface area is 121 Å². The van der Waals surface area contributed by atoms with Crippen LogP contribution in [0, 0.1) is 16.0 Å². The first-order valence-electron chi connectivity index (χ1n) is 6.75. The van der Waals surface area contributed by atoms with Crippen molar-refractivity contribution in [3.63, 3.8) is 0 Å².